The maximum Gasteiger partial charge on any atom is 0.407 e. The number of alkyl carbamates (subject to hydrolysis) is 1. The Morgan fingerprint density at radius 1 is 1.28 bits per heavy atom. The zero-order valence-electron chi connectivity index (χ0n) is 30.9. The van der Waals surface area contributed by atoms with Gasteiger partial charge in [-0.05, 0) is 73.6 Å². The third kappa shape index (κ3) is 6.55. The summed E-state index contributed by atoms with van der Waals surface area (Å²) < 4.78 is 103. The zero-order chi connectivity index (χ0) is 38.6. The van der Waals surface area contributed by atoms with Crippen molar-refractivity contribution in [2.24, 2.45) is 0 Å². The summed E-state index contributed by atoms with van der Waals surface area (Å²) >= 11 is 0. The van der Waals surface area contributed by atoms with E-state index < -0.39 is 66.5 Å². The summed E-state index contributed by atoms with van der Waals surface area (Å²) in [6.07, 6.45) is -2.75. The highest BCUT2D eigenvalue weighted by atomic mass is 19.1. The van der Waals surface area contributed by atoms with E-state index >= 15 is 8.78 Å². The maximum absolute atomic E-state index is 16.5. The Bertz CT molecular complexity index is 2180. The van der Waals surface area contributed by atoms with Gasteiger partial charge in [-0.2, -0.15) is 4.98 Å². The van der Waals surface area contributed by atoms with Crippen LogP contribution in [0.25, 0.3) is 32.9 Å². The molecule has 0 bridgehead atoms. The van der Waals surface area contributed by atoms with Gasteiger partial charge < -0.3 is 25.2 Å². The number of benzene rings is 2. The largest absolute Gasteiger partial charge is 0.508 e. The highest BCUT2D eigenvalue weighted by Gasteiger charge is 2.49. The average Bonchev–Trinajstić information content (AvgIpc) is 3.61. The number of pyridine rings is 1. The van der Waals surface area contributed by atoms with Crippen molar-refractivity contribution in [1.29, 1.82) is 0 Å². The minimum absolute atomic E-state index is 0.00160. The van der Waals surface area contributed by atoms with Crippen molar-refractivity contribution in [3.63, 3.8) is 0 Å². The first kappa shape index (κ1) is 29.3. The SMILES string of the molecule is [2H]C1(F)CNCC(NC(=O)OCCCc2c(F)ccc3cc(O)cc(-c4ncc5c(=O)[nH]c(OC[C@@]67CCCN6C[C@H](F)C7)nc5c4F)c23)(C([2H])([2H])[2H])C1. The highest BCUT2D eigenvalue weighted by molar-refractivity contribution is 6.01. The molecule has 15 heteroatoms. The molecule has 5 heterocycles. The van der Waals surface area contributed by atoms with Crippen LogP contribution in [-0.4, -0.2) is 93.8 Å². The van der Waals surface area contributed by atoms with E-state index in [1.54, 1.807) is 0 Å². The lowest BCUT2D eigenvalue weighted by atomic mass is 9.91. The Morgan fingerprint density at radius 2 is 2.14 bits per heavy atom. The molecule has 4 aromatic rings. The lowest BCUT2D eigenvalue weighted by molar-refractivity contribution is 0.107. The summed E-state index contributed by atoms with van der Waals surface area (Å²) in [4.78, 5) is 38.6. The molecule has 3 aliphatic rings. The maximum atomic E-state index is 16.5. The fraction of sp³-hybridized carbons (Fsp3) is 0.486. The van der Waals surface area contributed by atoms with E-state index in [-0.39, 0.29) is 90.4 Å². The van der Waals surface area contributed by atoms with Gasteiger partial charge in [0.15, 0.2) is 5.82 Å². The molecule has 1 amide bonds. The molecule has 11 nitrogen and oxygen atoms in total. The molecule has 2 unspecified atom stereocenters. The van der Waals surface area contributed by atoms with E-state index in [1.165, 1.54) is 18.2 Å². The second-order valence-corrected chi connectivity index (χ2v) is 13.3. The summed E-state index contributed by atoms with van der Waals surface area (Å²) in [5.74, 6) is -2.02. The van der Waals surface area contributed by atoms with Gasteiger partial charge in [-0.1, -0.05) is 6.07 Å². The molecule has 4 N–H and O–H groups in total. The summed E-state index contributed by atoms with van der Waals surface area (Å²) in [7, 11) is 0. The lowest BCUT2D eigenvalue weighted by Crippen LogP contribution is -2.58. The number of ether oxygens (including phenoxy) is 2. The number of nitrogens with zero attached hydrogens (tertiary/aromatic N) is 3. The van der Waals surface area contributed by atoms with Gasteiger partial charge in [0, 0.05) is 48.3 Å². The first-order chi connectivity index (χ1) is 25.5. The van der Waals surface area contributed by atoms with Crippen molar-refractivity contribution in [3.8, 4) is 23.0 Å². The van der Waals surface area contributed by atoms with Crippen LogP contribution in [-0.2, 0) is 11.2 Å². The summed E-state index contributed by atoms with van der Waals surface area (Å²) in [6.45, 7) is -2.89. The molecule has 0 aliphatic carbocycles. The zero-order valence-corrected chi connectivity index (χ0v) is 26.9. The predicted octanol–water partition coefficient (Wildman–Crippen LogP) is 4.83. The van der Waals surface area contributed by atoms with Gasteiger partial charge in [-0.25, -0.2) is 22.4 Å². The van der Waals surface area contributed by atoms with Crippen molar-refractivity contribution in [3.05, 3.63) is 58.0 Å². The molecule has 2 aromatic heterocycles. The van der Waals surface area contributed by atoms with E-state index in [2.05, 4.69) is 25.6 Å². The third-order valence-electron chi connectivity index (χ3n) is 9.70. The predicted molar refractivity (Wildman–Crippen MR) is 177 cm³/mol. The monoisotopic (exact) mass is 702 g/mol. The quantitative estimate of drug-likeness (QED) is 0.143. The molecule has 2 aromatic carbocycles. The lowest BCUT2D eigenvalue weighted by Gasteiger charge is -2.36. The smallest absolute Gasteiger partial charge is 0.407 e. The fourth-order valence-corrected chi connectivity index (χ4v) is 7.48. The van der Waals surface area contributed by atoms with E-state index in [0.717, 1.165) is 25.2 Å². The first-order valence-electron chi connectivity index (χ1n) is 18.4. The molecule has 4 atom stereocenters. The number of alkyl halides is 2. The molecule has 3 aliphatic heterocycles. The number of aryl methyl sites for hydroxylation is 1. The van der Waals surface area contributed by atoms with Crippen molar-refractivity contribution in [1.82, 2.24) is 30.5 Å². The second-order valence-electron chi connectivity index (χ2n) is 13.3. The Balaban J connectivity index is 1.14. The summed E-state index contributed by atoms with van der Waals surface area (Å²) in [5.41, 5.74) is -4.08. The van der Waals surface area contributed by atoms with Crippen LogP contribution >= 0.6 is 0 Å². The molecular weight excluding hydrogens is 660 g/mol. The number of aromatic nitrogens is 3. The molecule has 7 rings (SSSR count). The number of carbonyl (C=O) groups is 1. The van der Waals surface area contributed by atoms with E-state index in [1.807, 2.05) is 4.90 Å². The van der Waals surface area contributed by atoms with Crippen LogP contribution < -0.4 is 20.9 Å². The number of piperidine rings is 1. The number of halogens is 4. The van der Waals surface area contributed by atoms with Gasteiger partial charge in [0.1, 0.15) is 41.7 Å². The Kier molecular flexibility index (Phi) is 7.79. The van der Waals surface area contributed by atoms with Crippen LogP contribution in [0, 0.1) is 11.6 Å². The van der Waals surface area contributed by atoms with Crippen molar-refractivity contribution in [2.45, 2.75) is 68.8 Å². The van der Waals surface area contributed by atoms with Gasteiger partial charge in [-0.15, -0.1) is 0 Å². The van der Waals surface area contributed by atoms with E-state index in [4.69, 9.17) is 15.0 Å². The third-order valence-corrected chi connectivity index (χ3v) is 9.70. The van der Waals surface area contributed by atoms with Gasteiger partial charge in [0.25, 0.3) is 11.6 Å². The number of hydrogen-bond acceptors (Lipinski definition) is 9. The number of carbonyl (C=O) groups excluding carboxylic acids is 1. The molecule has 0 radical (unpaired) electrons. The van der Waals surface area contributed by atoms with Crippen LogP contribution in [0.5, 0.6) is 11.8 Å². The van der Waals surface area contributed by atoms with Crippen molar-refractivity contribution in [2.75, 3.05) is 39.4 Å². The molecular formula is C35H38F4N6O5. The fourth-order valence-electron chi connectivity index (χ4n) is 7.48. The Labute approximate surface area is 290 Å². The minimum Gasteiger partial charge on any atom is -0.508 e. The number of nitrogens with one attached hydrogen (secondary N) is 3. The number of rotatable bonds is 9. The Morgan fingerprint density at radius 3 is 2.96 bits per heavy atom. The normalized spacial score (nSPS) is 28.1. The number of phenolic OH excluding ortho intramolecular Hbond substituents is 1. The standard InChI is InChI=1S/C35H38F4N6O5/c1-34(12-20(36)14-40-17-34)44-33(48)49-9-2-4-23-26(38)6-5-19-10-22(46)11-24(27(19)23)29-28(39)30-25(15-41-29)31(47)43-32(42-30)50-18-35-7-3-8-45(35)16-21(37)13-35/h5-6,10-11,15,20-21,40,46H,2-4,7-9,12-14,16-18H2,1H3,(H,44,48)(H,42,43,47)/t20?,21-,34?,35+/m1/s1/i1D3,20D. The number of fused-ring (bicyclic) bond motifs is 3. The van der Waals surface area contributed by atoms with Crippen LogP contribution in [0.3, 0.4) is 0 Å². The second kappa shape index (κ2) is 13.3. The van der Waals surface area contributed by atoms with Crippen LogP contribution in [0.1, 0.15) is 50.0 Å². The van der Waals surface area contributed by atoms with Crippen molar-refractivity contribution >= 4 is 27.8 Å². The number of amides is 1. The summed E-state index contributed by atoms with van der Waals surface area (Å²) in [6, 6.07) is 4.82. The topological polar surface area (TPSA) is 142 Å². The molecule has 3 saturated heterocycles. The molecule has 0 saturated carbocycles. The van der Waals surface area contributed by atoms with Gasteiger partial charge in [0.05, 0.1) is 24.4 Å². The molecule has 266 valence electrons. The van der Waals surface area contributed by atoms with Gasteiger partial charge in [0.2, 0.25) is 0 Å². The Hall–Kier alpha value is -4.50. The van der Waals surface area contributed by atoms with Crippen LogP contribution in [0.15, 0.2) is 35.3 Å². The van der Waals surface area contributed by atoms with Crippen LogP contribution in [0.2, 0.25) is 0 Å². The molecule has 50 heavy (non-hydrogen) atoms. The molecule has 3 fully saturated rings. The molecule has 0 spiro atoms. The number of hydrogen-bond donors (Lipinski definition) is 4. The van der Waals surface area contributed by atoms with Gasteiger partial charge in [-0.3, -0.25) is 19.7 Å². The summed E-state index contributed by atoms with van der Waals surface area (Å²) in [5, 5.41) is 15.7. The number of aromatic hydroxyl groups is 1. The number of aromatic amines is 1. The van der Waals surface area contributed by atoms with Crippen molar-refractivity contribution < 1.29 is 42.4 Å². The van der Waals surface area contributed by atoms with E-state index in [9.17, 15) is 23.5 Å². The minimum atomic E-state index is -2.87. The van der Waals surface area contributed by atoms with E-state index in [0.29, 0.717) is 11.8 Å². The average molecular weight is 703 g/mol. The van der Waals surface area contributed by atoms with Gasteiger partial charge >= 0.3 is 6.09 Å². The first-order valence-corrected chi connectivity index (χ1v) is 16.4. The highest BCUT2D eigenvalue weighted by Crippen LogP contribution is 2.41. The number of phenols is 1. The van der Waals surface area contributed by atoms with Crippen LogP contribution in [0.4, 0.5) is 22.4 Å². The number of H-pyrrole nitrogens is 1.